The molecule has 0 fully saturated rings. The molecule has 0 atom stereocenters. The van der Waals surface area contributed by atoms with Crippen molar-refractivity contribution in [2.45, 2.75) is 25.6 Å². The second-order valence-electron chi connectivity index (χ2n) is 4.71. The van der Waals surface area contributed by atoms with Gasteiger partial charge in [-0.3, -0.25) is 0 Å². The van der Waals surface area contributed by atoms with E-state index in [1.165, 1.54) is 11.9 Å². The molecule has 1 aromatic heterocycles. The molecule has 1 rings (SSSR count). The lowest BCUT2D eigenvalue weighted by molar-refractivity contribution is -0.141. The molecule has 1 aromatic rings. The van der Waals surface area contributed by atoms with Crippen molar-refractivity contribution in [2.24, 2.45) is 0 Å². The Morgan fingerprint density at radius 3 is 2.37 bits per heavy atom. The van der Waals surface area contributed by atoms with Crippen molar-refractivity contribution in [3.05, 3.63) is 23.4 Å². The summed E-state index contributed by atoms with van der Waals surface area (Å²) in [5, 5.41) is 18.2. The van der Waals surface area contributed by atoms with Gasteiger partial charge in [-0.2, -0.15) is 18.4 Å². The first-order valence-corrected chi connectivity index (χ1v) is 5.46. The topological polar surface area (TPSA) is 60.2 Å². The molecule has 0 amide bonds. The molecule has 0 bridgehead atoms. The van der Waals surface area contributed by atoms with E-state index in [-0.39, 0.29) is 18.0 Å². The fourth-order valence-corrected chi connectivity index (χ4v) is 1.34. The van der Waals surface area contributed by atoms with Gasteiger partial charge in [0.15, 0.2) is 0 Å². The van der Waals surface area contributed by atoms with E-state index in [2.05, 4.69) is 4.98 Å². The molecule has 0 spiro atoms. The first kappa shape index (κ1) is 15.2. The van der Waals surface area contributed by atoms with E-state index >= 15 is 0 Å². The molecule has 0 unspecified atom stereocenters. The van der Waals surface area contributed by atoms with Gasteiger partial charge in [0, 0.05) is 7.05 Å². The Morgan fingerprint density at radius 2 is 1.95 bits per heavy atom. The third-order valence-electron chi connectivity index (χ3n) is 2.90. The predicted octanol–water partition coefficient (Wildman–Crippen LogP) is 2.18. The Balaban J connectivity index is 3.37. The first-order chi connectivity index (χ1) is 8.63. The minimum Gasteiger partial charge on any atom is -0.394 e. The summed E-state index contributed by atoms with van der Waals surface area (Å²) in [6.45, 7) is 2.98. The van der Waals surface area contributed by atoms with Crippen LogP contribution in [0.15, 0.2) is 12.1 Å². The second kappa shape index (κ2) is 5.05. The van der Waals surface area contributed by atoms with Crippen LogP contribution in [0.3, 0.4) is 0 Å². The monoisotopic (exact) mass is 273 g/mol. The predicted molar refractivity (Wildman–Crippen MR) is 63.5 cm³/mol. The number of aliphatic hydroxyl groups excluding tert-OH is 1. The number of aliphatic hydroxyl groups is 1. The Hall–Kier alpha value is -1.81. The highest BCUT2D eigenvalue weighted by Crippen LogP contribution is 2.31. The Morgan fingerprint density at radius 1 is 1.37 bits per heavy atom. The third kappa shape index (κ3) is 3.15. The fraction of sp³-hybridized carbons (Fsp3) is 0.500. The number of aromatic nitrogens is 1. The van der Waals surface area contributed by atoms with Crippen molar-refractivity contribution in [2.75, 3.05) is 18.6 Å². The molecular weight excluding hydrogens is 259 g/mol. The molecule has 0 aromatic carbocycles. The highest BCUT2D eigenvalue weighted by Gasteiger charge is 2.34. The van der Waals surface area contributed by atoms with Gasteiger partial charge < -0.3 is 10.0 Å². The molecule has 0 aliphatic rings. The molecule has 0 aliphatic heterocycles. The highest BCUT2D eigenvalue weighted by molar-refractivity contribution is 5.55. The molecule has 104 valence electrons. The van der Waals surface area contributed by atoms with Gasteiger partial charge in [0.1, 0.15) is 17.6 Å². The average Bonchev–Trinajstić information content (AvgIpc) is 2.35. The van der Waals surface area contributed by atoms with Crippen LogP contribution < -0.4 is 4.90 Å². The van der Waals surface area contributed by atoms with Crippen LogP contribution in [0.1, 0.15) is 25.1 Å². The van der Waals surface area contributed by atoms with Gasteiger partial charge in [-0.05, 0) is 26.0 Å². The SMILES string of the molecule is CN(c1nc(C(F)(F)F)ccc1C#N)C(C)(C)CO. The Kier molecular flexibility index (Phi) is 4.06. The minimum atomic E-state index is -4.58. The fourth-order valence-electron chi connectivity index (χ4n) is 1.34. The normalized spacial score (nSPS) is 12.1. The average molecular weight is 273 g/mol. The van der Waals surface area contributed by atoms with Crippen molar-refractivity contribution < 1.29 is 18.3 Å². The van der Waals surface area contributed by atoms with Crippen LogP contribution in [0.2, 0.25) is 0 Å². The number of hydrogen-bond acceptors (Lipinski definition) is 4. The summed E-state index contributed by atoms with van der Waals surface area (Å²) in [6, 6.07) is 3.64. The van der Waals surface area contributed by atoms with E-state index in [4.69, 9.17) is 5.26 Å². The third-order valence-corrected chi connectivity index (χ3v) is 2.90. The Labute approximate surface area is 109 Å². The maximum Gasteiger partial charge on any atom is 0.433 e. The number of nitriles is 1. The van der Waals surface area contributed by atoms with E-state index in [9.17, 15) is 18.3 Å². The van der Waals surface area contributed by atoms with Crippen LogP contribution >= 0.6 is 0 Å². The lowest BCUT2D eigenvalue weighted by Crippen LogP contribution is -2.45. The molecule has 1 heterocycles. The van der Waals surface area contributed by atoms with Crippen molar-refractivity contribution in [3.63, 3.8) is 0 Å². The van der Waals surface area contributed by atoms with Crippen LogP contribution in [-0.4, -0.2) is 29.3 Å². The van der Waals surface area contributed by atoms with Crippen LogP contribution in [0, 0.1) is 11.3 Å². The van der Waals surface area contributed by atoms with Crippen LogP contribution in [0.25, 0.3) is 0 Å². The highest BCUT2D eigenvalue weighted by atomic mass is 19.4. The van der Waals surface area contributed by atoms with Crippen LogP contribution in [0.4, 0.5) is 19.0 Å². The number of likely N-dealkylation sites (N-methyl/N-ethyl adjacent to an activating group) is 1. The van der Waals surface area contributed by atoms with E-state index in [0.29, 0.717) is 0 Å². The lowest BCUT2D eigenvalue weighted by atomic mass is 10.0. The van der Waals surface area contributed by atoms with Crippen molar-refractivity contribution >= 4 is 5.82 Å². The molecule has 1 N–H and O–H groups in total. The number of pyridine rings is 1. The zero-order chi connectivity index (χ0) is 14.8. The maximum atomic E-state index is 12.6. The second-order valence-corrected chi connectivity index (χ2v) is 4.71. The lowest BCUT2D eigenvalue weighted by Gasteiger charge is -2.35. The van der Waals surface area contributed by atoms with Crippen LogP contribution in [0.5, 0.6) is 0 Å². The van der Waals surface area contributed by atoms with Gasteiger partial charge in [-0.1, -0.05) is 0 Å². The van der Waals surface area contributed by atoms with Crippen molar-refractivity contribution in [1.29, 1.82) is 5.26 Å². The number of alkyl halides is 3. The van der Waals surface area contributed by atoms with Crippen LogP contribution in [-0.2, 0) is 6.18 Å². The summed E-state index contributed by atoms with van der Waals surface area (Å²) in [6.07, 6.45) is -4.58. The van der Waals surface area contributed by atoms with Gasteiger partial charge in [-0.15, -0.1) is 0 Å². The number of anilines is 1. The first-order valence-electron chi connectivity index (χ1n) is 5.46. The summed E-state index contributed by atoms with van der Waals surface area (Å²) in [4.78, 5) is 4.86. The minimum absolute atomic E-state index is 0.0250. The smallest absolute Gasteiger partial charge is 0.394 e. The summed E-state index contributed by atoms with van der Waals surface area (Å²) >= 11 is 0. The number of hydrogen-bond donors (Lipinski definition) is 1. The molecular formula is C12H14F3N3O. The Bertz CT molecular complexity index is 506. The molecule has 0 radical (unpaired) electrons. The largest absolute Gasteiger partial charge is 0.433 e. The maximum absolute atomic E-state index is 12.6. The quantitative estimate of drug-likeness (QED) is 0.917. The molecule has 4 nitrogen and oxygen atoms in total. The number of halogens is 3. The summed E-state index contributed by atoms with van der Waals surface area (Å²) < 4.78 is 37.9. The molecule has 19 heavy (non-hydrogen) atoms. The van der Waals surface area contributed by atoms with E-state index in [1.807, 2.05) is 0 Å². The summed E-state index contributed by atoms with van der Waals surface area (Å²) in [5.41, 5.74) is -1.87. The summed E-state index contributed by atoms with van der Waals surface area (Å²) in [5.74, 6) is -0.101. The standard InChI is InChI=1S/C12H14F3N3O/c1-11(2,7-19)18(3)10-8(6-16)4-5-9(17-10)12(13,14)15/h4-5,19H,7H2,1-3H3. The van der Waals surface area contributed by atoms with Gasteiger partial charge in [0.2, 0.25) is 0 Å². The van der Waals surface area contributed by atoms with Gasteiger partial charge in [-0.25, -0.2) is 4.98 Å². The van der Waals surface area contributed by atoms with Gasteiger partial charge in [0.25, 0.3) is 0 Å². The zero-order valence-electron chi connectivity index (χ0n) is 10.8. The zero-order valence-corrected chi connectivity index (χ0v) is 10.8. The van der Waals surface area contributed by atoms with Crippen molar-refractivity contribution in [1.82, 2.24) is 4.98 Å². The van der Waals surface area contributed by atoms with E-state index < -0.39 is 17.4 Å². The van der Waals surface area contributed by atoms with E-state index in [0.717, 1.165) is 12.1 Å². The number of nitrogens with zero attached hydrogens (tertiary/aromatic N) is 3. The number of rotatable bonds is 3. The molecule has 0 saturated heterocycles. The molecule has 0 saturated carbocycles. The van der Waals surface area contributed by atoms with Gasteiger partial charge >= 0.3 is 6.18 Å². The van der Waals surface area contributed by atoms with Gasteiger partial charge in [0.05, 0.1) is 17.7 Å². The van der Waals surface area contributed by atoms with E-state index in [1.54, 1.807) is 19.9 Å². The summed E-state index contributed by atoms with van der Waals surface area (Å²) in [7, 11) is 1.49. The molecule has 0 aliphatic carbocycles. The van der Waals surface area contributed by atoms with Crippen molar-refractivity contribution in [3.8, 4) is 6.07 Å². The molecule has 7 heteroatoms.